The number of hydrogen-bond acceptors (Lipinski definition) is 4. The van der Waals surface area contributed by atoms with E-state index in [-0.39, 0.29) is 16.5 Å². The van der Waals surface area contributed by atoms with Crippen LogP contribution in [0, 0.1) is 5.82 Å². The molecule has 9 heteroatoms. The number of halogens is 2. The summed E-state index contributed by atoms with van der Waals surface area (Å²) in [5.41, 5.74) is -0.264. The smallest absolute Gasteiger partial charge is 0.262 e. The van der Waals surface area contributed by atoms with Crippen LogP contribution in [0.3, 0.4) is 0 Å². The summed E-state index contributed by atoms with van der Waals surface area (Å²) in [5.74, 6) is -0.720. The standard InChI is InChI=1S/C18H20ClFN2O4S/c1-18(2,3)22-27(24,25)14-7-5-13(6-8-14)26-11-17(23)21-12-4-9-16(20)15(19)10-12/h4-10,22H,11H2,1-3H3,(H,21,23). The van der Waals surface area contributed by atoms with Crippen LogP contribution in [-0.4, -0.2) is 26.5 Å². The maximum atomic E-state index is 13.1. The first-order valence-electron chi connectivity index (χ1n) is 7.98. The minimum Gasteiger partial charge on any atom is -0.484 e. The van der Waals surface area contributed by atoms with Crippen LogP contribution in [0.2, 0.25) is 5.02 Å². The second-order valence-corrected chi connectivity index (χ2v) is 8.88. The minimum atomic E-state index is -3.64. The molecule has 0 spiro atoms. The van der Waals surface area contributed by atoms with Gasteiger partial charge in [-0.3, -0.25) is 4.79 Å². The van der Waals surface area contributed by atoms with Crippen molar-refractivity contribution in [1.82, 2.24) is 4.72 Å². The Morgan fingerprint density at radius 2 is 1.78 bits per heavy atom. The van der Waals surface area contributed by atoms with Crippen molar-refractivity contribution in [1.29, 1.82) is 0 Å². The Morgan fingerprint density at radius 1 is 1.15 bits per heavy atom. The van der Waals surface area contributed by atoms with Gasteiger partial charge in [0.25, 0.3) is 5.91 Å². The lowest BCUT2D eigenvalue weighted by atomic mass is 10.1. The second-order valence-electron chi connectivity index (χ2n) is 6.79. The summed E-state index contributed by atoms with van der Waals surface area (Å²) >= 11 is 5.65. The molecule has 0 atom stereocenters. The van der Waals surface area contributed by atoms with E-state index in [1.165, 1.54) is 36.4 Å². The Bertz CT molecular complexity index is 925. The molecule has 27 heavy (non-hydrogen) atoms. The highest BCUT2D eigenvalue weighted by atomic mass is 35.5. The Balaban J connectivity index is 1.94. The molecule has 2 N–H and O–H groups in total. The number of hydrogen-bond donors (Lipinski definition) is 2. The molecule has 0 aliphatic carbocycles. The van der Waals surface area contributed by atoms with Crippen LogP contribution < -0.4 is 14.8 Å². The van der Waals surface area contributed by atoms with Crippen LogP contribution in [0.4, 0.5) is 10.1 Å². The van der Waals surface area contributed by atoms with E-state index in [9.17, 15) is 17.6 Å². The van der Waals surface area contributed by atoms with Crippen LogP contribution in [0.25, 0.3) is 0 Å². The highest BCUT2D eigenvalue weighted by Gasteiger charge is 2.21. The Labute approximate surface area is 162 Å². The molecule has 2 aromatic rings. The van der Waals surface area contributed by atoms with Gasteiger partial charge in [0.05, 0.1) is 9.92 Å². The van der Waals surface area contributed by atoms with E-state index in [4.69, 9.17) is 16.3 Å². The van der Waals surface area contributed by atoms with Crippen LogP contribution in [0.15, 0.2) is 47.4 Å². The number of anilines is 1. The Hall–Kier alpha value is -2.16. The van der Waals surface area contributed by atoms with E-state index >= 15 is 0 Å². The van der Waals surface area contributed by atoms with Crippen molar-refractivity contribution >= 4 is 33.2 Å². The molecule has 0 aliphatic heterocycles. The molecule has 6 nitrogen and oxygen atoms in total. The molecule has 146 valence electrons. The maximum absolute atomic E-state index is 13.1. The molecule has 0 unspecified atom stereocenters. The first-order chi connectivity index (χ1) is 12.5. The molecule has 0 saturated heterocycles. The van der Waals surface area contributed by atoms with Gasteiger partial charge in [-0.15, -0.1) is 0 Å². The summed E-state index contributed by atoms with van der Waals surface area (Å²) < 4.78 is 45.4. The number of benzene rings is 2. The Kier molecular flexibility index (Phi) is 6.46. The van der Waals surface area contributed by atoms with Gasteiger partial charge < -0.3 is 10.1 Å². The highest BCUT2D eigenvalue weighted by Crippen LogP contribution is 2.20. The largest absolute Gasteiger partial charge is 0.484 e. The lowest BCUT2D eigenvalue weighted by Crippen LogP contribution is -2.40. The van der Waals surface area contributed by atoms with Crippen molar-refractivity contribution in [3.8, 4) is 5.75 Å². The number of carbonyl (C=O) groups is 1. The second kappa shape index (κ2) is 8.24. The number of rotatable bonds is 6. The van der Waals surface area contributed by atoms with Gasteiger partial charge in [-0.2, -0.15) is 0 Å². The average molecular weight is 415 g/mol. The third-order valence-electron chi connectivity index (χ3n) is 3.15. The van der Waals surface area contributed by atoms with Crippen LogP contribution in [0.5, 0.6) is 5.75 Å². The van der Waals surface area contributed by atoms with Crippen LogP contribution in [0.1, 0.15) is 20.8 Å². The van der Waals surface area contributed by atoms with Gasteiger partial charge in [-0.05, 0) is 63.2 Å². The summed E-state index contributed by atoms with van der Waals surface area (Å²) in [4.78, 5) is 12.0. The molecular formula is C18H20ClFN2O4S. The molecule has 1 amide bonds. The van der Waals surface area contributed by atoms with Gasteiger partial charge in [-0.1, -0.05) is 11.6 Å². The zero-order chi connectivity index (χ0) is 20.2. The van der Waals surface area contributed by atoms with Gasteiger partial charge in [-0.25, -0.2) is 17.5 Å². The van der Waals surface area contributed by atoms with E-state index in [1.54, 1.807) is 20.8 Å². The Morgan fingerprint density at radius 3 is 2.33 bits per heavy atom. The fourth-order valence-corrected chi connectivity index (χ4v) is 3.70. The fourth-order valence-electron chi connectivity index (χ4n) is 2.10. The molecule has 0 aliphatic rings. The van der Waals surface area contributed by atoms with Crippen molar-refractivity contribution in [2.45, 2.75) is 31.2 Å². The number of carbonyl (C=O) groups excluding carboxylic acids is 1. The summed E-state index contributed by atoms with van der Waals surface area (Å²) in [5, 5.41) is 2.42. The lowest BCUT2D eigenvalue weighted by molar-refractivity contribution is -0.118. The molecule has 0 aromatic heterocycles. The lowest BCUT2D eigenvalue weighted by Gasteiger charge is -2.20. The summed E-state index contributed by atoms with van der Waals surface area (Å²) in [6.45, 7) is 4.93. The SMILES string of the molecule is CC(C)(C)NS(=O)(=O)c1ccc(OCC(=O)Nc2ccc(F)c(Cl)c2)cc1. The van der Waals surface area contributed by atoms with Gasteiger partial charge >= 0.3 is 0 Å². The third kappa shape index (κ3) is 6.50. The first kappa shape index (κ1) is 21.1. The molecular weight excluding hydrogens is 395 g/mol. The van der Waals surface area contributed by atoms with Crippen molar-refractivity contribution < 1.29 is 22.3 Å². The van der Waals surface area contributed by atoms with E-state index < -0.39 is 27.3 Å². The zero-order valence-electron chi connectivity index (χ0n) is 15.0. The fraction of sp³-hybridized carbons (Fsp3) is 0.278. The molecule has 2 rings (SSSR count). The highest BCUT2D eigenvalue weighted by molar-refractivity contribution is 7.89. The van der Waals surface area contributed by atoms with E-state index in [1.807, 2.05) is 0 Å². The molecule has 0 radical (unpaired) electrons. The number of amides is 1. The topological polar surface area (TPSA) is 84.5 Å². The molecule has 0 fully saturated rings. The monoisotopic (exact) mass is 414 g/mol. The number of nitrogens with one attached hydrogen (secondary N) is 2. The molecule has 0 bridgehead atoms. The predicted molar refractivity (Wildman–Crippen MR) is 102 cm³/mol. The van der Waals surface area contributed by atoms with Gasteiger partial charge in [0.2, 0.25) is 10.0 Å². The van der Waals surface area contributed by atoms with Crippen LogP contribution >= 0.6 is 11.6 Å². The van der Waals surface area contributed by atoms with Crippen molar-refractivity contribution in [3.05, 3.63) is 53.3 Å². The van der Waals surface area contributed by atoms with Gasteiger partial charge in [0, 0.05) is 11.2 Å². The maximum Gasteiger partial charge on any atom is 0.262 e. The number of ether oxygens (including phenoxy) is 1. The molecule has 0 saturated carbocycles. The third-order valence-corrected chi connectivity index (χ3v) is 5.21. The number of sulfonamides is 1. The van der Waals surface area contributed by atoms with Crippen LogP contribution in [-0.2, 0) is 14.8 Å². The normalized spacial score (nSPS) is 11.9. The molecule has 0 heterocycles. The first-order valence-corrected chi connectivity index (χ1v) is 9.84. The van der Waals surface area contributed by atoms with Gasteiger partial charge in [0.1, 0.15) is 11.6 Å². The van der Waals surface area contributed by atoms with Gasteiger partial charge in [0.15, 0.2) is 6.61 Å². The van der Waals surface area contributed by atoms with E-state index in [0.717, 1.165) is 6.07 Å². The summed E-state index contributed by atoms with van der Waals surface area (Å²) in [6, 6.07) is 9.50. The van der Waals surface area contributed by atoms with Crippen molar-refractivity contribution in [2.24, 2.45) is 0 Å². The quantitative estimate of drug-likeness (QED) is 0.756. The zero-order valence-corrected chi connectivity index (χ0v) is 16.6. The van der Waals surface area contributed by atoms with E-state index in [2.05, 4.69) is 10.0 Å². The minimum absolute atomic E-state index is 0.0928. The average Bonchev–Trinajstić information content (AvgIpc) is 2.55. The van der Waals surface area contributed by atoms with Crippen molar-refractivity contribution in [2.75, 3.05) is 11.9 Å². The predicted octanol–water partition coefficient (Wildman–Crippen LogP) is 3.57. The van der Waals surface area contributed by atoms with Crippen molar-refractivity contribution in [3.63, 3.8) is 0 Å². The summed E-state index contributed by atoms with van der Waals surface area (Å²) in [6.07, 6.45) is 0. The van der Waals surface area contributed by atoms with E-state index in [0.29, 0.717) is 11.4 Å². The molecule has 2 aromatic carbocycles. The summed E-state index contributed by atoms with van der Waals surface area (Å²) in [7, 11) is -3.64.